The van der Waals surface area contributed by atoms with Crippen LogP contribution in [0.15, 0.2) is 30.3 Å². The molecule has 0 amide bonds. The van der Waals surface area contributed by atoms with E-state index in [0.29, 0.717) is 0 Å². The van der Waals surface area contributed by atoms with Crippen molar-refractivity contribution in [1.29, 1.82) is 0 Å². The van der Waals surface area contributed by atoms with Gasteiger partial charge in [0.2, 0.25) is 0 Å². The van der Waals surface area contributed by atoms with Crippen molar-refractivity contribution in [3.8, 4) is 0 Å². The summed E-state index contributed by atoms with van der Waals surface area (Å²) >= 11 is 0. The molecule has 1 aromatic rings. The van der Waals surface area contributed by atoms with Gasteiger partial charge in [0.25, 0.3) is 0 Å². The Morgan fingerprint density at radius 1 is 1.00 bits per heavy atom. The third-order valence-electron chi connectivity index (χ3n) is 0.607. The van der Waals surface area contributed by atoms with E-state index in [4.69, 9.17) is 4.80 Å². The molecule has 3 heteroatoms. The molecule has 0 bridgehead atoms. The molecule has 0 unspecified atom stereocenters. The summed E-state index contributed by atoms with van der Waals surface area (Å²) in [5.41, 5.74) is 0. The van der Waals surface area contributed by atoms with Gasteiger partial charge in [-0.3, -0.25) is 0 Å². The van der Waals surface area contributed by atoms with Gasteiger partial charge in [-0.15, -0.1) is 0 Å². The minimum atomic E-state index is 0. The van der Waals surface area contributed by atoms with Crippen LogP contribution in [0, 0.1) is 6.07 Å². The van der Waals surface area contributed by atoms with E-state index in [1.54, 1.807) is 0 Å². The van der Waals surface area contributed by atoms with Gasteiger partial charge >= 0.3 is 23.1 Å². The fourth-order valence-electron chi connectivity index (χ4n) is 0.342. The van der Waals surface area contributed by atoms with Crippen molar-refractivity contribution in [2.45, 2.75) is 0 Å². The number of hydrogen-bond donors (Lipinski definition) is 0. The van der Waals surface area contributed by atoms with E-state index in [0.717, 1.165) is 0 Å². The summed E-state index contributed by atoms with van der Waals surface area (Å²) in [6.07, 6.45) is 0. The van der Waals surface area contributed by atoms with Crippen molar-refractivity contribution < 1.29 is 4.80 Å². The van der Waals surface area contributed by atoms with E-state index in [9.17, 15) is 0 Å². The zero-order chi connectivity index (χ0) is 6.24. The molecule has 9 heavy (non-hydrogen) atoms. The summed E-state index contributed by atoms with van der Waals surface area (Å²) in [4.78, 5) is 8.39. The van der Waals surface area contributed by atoms with E-state index in [1.807, 2.05) is 30.3 Å². The topological polar surface area (TPSA) is 23.1 Å². The molecule has 0 aromatic heterocycles. The van der Waals surface area contributed by atoms with Gasteiger partial charge < -0.3 is 4.80 Å². The van der Waals surface area contributed by atoms with Gasteiger partial charge in [-0.2, -0.15) is 36.4 Å². The Morgan fingerprint density at radius 3 is 1.56 bits per heavy atom. The Labute approximate surface area is 74.8 Å². The monoisotopic (exact) mass is 148 g/mol. The maximum absolute atomic E-state index is 8.39. The van der Waals surface area contributed by atoms with E-state index >= 15 is 0 Å². The van der Waals surface area contributed by atoms with Crippen LogP contribution in [0.1, 0.15) is 0 Å². The molecule has 1 rings (SSSR count). The van der Waals surface area contributed by atoms with Crippen LogP contribution in [0.5, 0.6) is 0 Å². The summed E-state index contributed by atoms with van der Waals surface area (Å²) in [6.45, 7) is 0. The first-order valence-electron chi connectivity index (χ1n) is 2.32. The summed E-state index contributed by atoms with van der Waals surface area (Å²) < 4.78 is 0. The summed E-state index contributed by atoms with van der Waals surface area (Å²) in [6, 6.07) is 12.5. The first-order valence-corrected chi connectivity index (χ1v) is 3.14. The fraction of sp³-hybridized carbons (Fsp3) is 0. The molecule has 0 aliphatic heterocycles. The number of rotatable bonds is 0. The van der Waals surface area contributed by atoms with Gasteiger partial charge in [-0.25, -0.2) is 0 Å². The molecule has 0 saturated heterocycles. The van der Waals surface area contributed by atoms with Gasteiger partial charge in [0.1, 0.15) is 0 Å². The molecule has 0 N–H and O–H groups in total. The molecule has 1 nitrogen and oxygen atoms in total. The number of benzene rings is 1. The average molecular weight is 149 g/mol. The Hall–Kier alpha value is 0.163. The smallest absolute Gasteiger partial charge is 0.865 e. The van der Waals surface area contributed by atoms with Gasteiger partial charge in [-0.05, 0) is 0 Å². The predicted molar refractivity (Wildman–Crippen MR) is 41.0 cm³/mol. The SMILES string of the molecule is [Mg+2].[O-][SiH3].[c-]1ccccc1. The quantitative estimate of drug-likeness (QED) is 0.333. The van der Waals surface area contributed by atoms with Crippen LogP contribution in [0.2, 0.25) is 0 Å². The summed E-state index contributed by atoms with van der Waals surface area (Å²) in [5, 5.41) is 0. The van der Waals surface area contributed by atoms with E-state index in [-0.39, 0.29) is 33.5 Å². The molecule has 0 spiro atoms. The first kappa shape index (κ1) is 11.9. The molecular formula is C6H8MgOSi. The molecule has 0 aliphatic carbocycles. The second kappa shape index (κ2) is 11.0. The normalized spacial score (nSPS) is 6.33. The van der Waals surface area contributed by atoms with Crippen molar-refractivity contribution in [2.24, 2.45) is 0 Å². The second-order valence-electron chi connectivity index (χ2n) is 1.08. The zero-order valence-corrected chi connectivity index (χ0v) is 8.92. The van der Waals surface area contributed by atoms with Crippen LogP contribution in [0.25, 0.3) is 0 Å². The Bertz CT molecular complexity index is 85.0. The molecule has 1 aromatic carbocycles. The third kappa shape index (κ3) is 8.16. The Morgan fingerprint density at radius 2 is 1.44 bits per heavy atom. The minimum Gasteiger partial charge on any atom is -0.865 e. The molecular weight excluding hydrogens is 140 g/mol. The maximum Gasteiger partial charge on any atom is 2.00 e. The Balaban J connectivity index is 0. The van der Waals surface area contributed by atoms with Crippen molar-refractivity contribution >= 4 is 33.5 Å². The van der Waals surface area contributed by atoms with Gasteiger partial charge in [-0.1, -0.05) is 10.5 Å². The first-order chi connectivity index (χ1) is 4.00. The average Bonchev–Trinajstić information content (AvgIpc) is 1.96. The van der Waals surface area contributed by atoms with Gasteiger partial charge in [0, 0.05) is 0 Å². The molecule has 0 aliphatic rings. The molecule has 0 radical (unpaired) electrons. The molecule has 0 heterocycles. The molecule has 0 saturated carbocycles. The number of hydrogen-bond acceptors (Lipinski definition) is 1. The van der Waals surface area contributed by atoms with Crippen LogP contribution in [-0.2, 0) is 0 Å². The summed E-state index contributed by atoms with van der Waals surface area (Å²) in [5.74, 6) is 0. The van der Waals surface area contributed by atoms with E-state index in [1.165, 1.54) is 0 Å². The van der Waals surface area contributed by atoms with E-state index in [2.05, 4.69) is 6.07 Å². The Kier molecular flexibility index (Phi) is 14.6. The zero-order valence-electron chi connectivity index (χ0n) is 5.50. The van der Waals surface area contributed by atoms with Gasteiger partial charge in [0.05, 0.1) is 0 Å². The van der Waals surface area contributed by atoms with Crippen LogP contribution in [0.3, 0.4) is 0 Å². The van der Waals surface area contributed by atoms with Crippen LogP contribution in [-0.4, -0.2) is 33.5 Å². The largest absolute Gasteiger partial charge is 2.00 e. The minimum absolute atomic E-state index is 0. The van der Waals surface area contributed by atoms with Crippen molar-refractivity contribution in [3.05, 3.63) is 36.4 Å². The van der Waals surface area contributed by atoms with Crippen LogP contribution >= 0.6 is 0 Å². The van der Waals surface area contributed by atoms with Crippen molar-refractivity contribution in [1.82, 2.24) is 0 Å². The summed E-state index contributed by atoms with van der Waals surface area (Å²) in [7, 11) is 0.0556. The maximum atomic E-state index is 8.39. The van der Waals surface area contributed by atoms with Crippen LogP contribution < -0.4 is 4.80 Å². The molecule has 0 atom stereocenters. The van der Waals surface area contributed by atoms with Crippen molar-refractivity contribution in [2.75, 3.05) is 0 Å². The third-order valence-corrected chi connectivity index (χ3v) is 0.607. The standard InChI is InChI=1S/C6H5.Mg.H3OSi/c1-2-4-6-5-3-1;;1-2/h1-5H;;2H3/q-1;+2;-1. The van der Waals surface area contributed by atoms with Gasteiger partial charge in [0.15, 0.2) is 0 Å². The molecule has 44 valence electrons. The predicted octanol–water partition coefficient (Wildman–Crippen LogP) is -1.27. The van der Waals surface area contributed by atoms with E-state index < -0.39 is 0 Å². The van der Waals surface area contributed by atoms with Crippen LogP contribution in [0.4, 0.5) is 0 Å². The molecule has 0 fully saturated rings. The van der Waals surface area contributed by atoms with Crippen molar-refractivity contribution in [3.63, 3.8) is 0 Å². The second-order valence-corrected chi connectivity index (χ2v) is 1.08. The fourth-order valence-corrected chi connectivity index (χ4v) is 0.342.